The summed E-state index contributed by atoms with van der Waals surface area (Å²) in [5.74, 6) is 0.287. The highest BCUT2D eigenvalue weighted by molar-refractivity contribution is 7.92. The minimum Gasteiger partial charge on any atom is -0.257 e. The number of nitro groups is 1. The Labute approximate surface area is 167 Å². The Hall–Kier alpha value is -2.95. The molecule has 29 heavy (non-hydrogen) atoms. The smallest absolute Gasteiger partial charge is 0.257 e. The molecule has 10 nitrogen and oxygen atoms in total. The lowest BCUT2D eigenvalue weighted by Gasteiger charge is -2.22. The minimum absolute atomic E-state index is 0.163. The van der Waals surface area contributed by atoms with Crippen molar-refractivity contribution in [2.24, 2.45) is 4.99 Å². The predicted molar refractivity (Wildman–Crippen MR) is 106 cm³/mol. The van der Waals surface area contributed by atoms with E-state index in [1.165, 1.54) is 15.5 Å². The van der Waals surface area contributed by atoms with Gasteiger partial charge in [0.1, 0.15) is 10.6 Å². The van der Waals surface area contributed by atoms with E-state index in [2.05, 4.69) is 15.3 Å². The third-order valence-electron chi connectivity index (χ3n) is 5.24. The summed E-state index contributed by atoms with van der Waals surface area (Å²) in [5, 5.41) is 18.9. The van der Waals surface area contributed by atoms with Crippen LogP contribution in [0.4, 0.5) is 0 Å². The van der Waals surface area contributed by atoms with Gasteiger partial charge in [0.2, 0.25) is 6.67 Å². The molecule has 2 aromatic rings. The molecular formula is C18H21N6O4S+. The van der Waals surface area contributed by atoms with Crippen molar-refractivity contribution in [3.8, 4) is 11.3 Å². The van der Waals surface area contributed by atoms with Gasteiger partial charge >= 0.3 is 6.29 Å². The summed E-state index contributed by atoms with van der Waals surface area (Å²) in [6.45, 7) is 0.163. The van der Waals surface area contributed by atoms with E-state index in [4.69, 9.17) is 0 Å². The molecule has 1 aromatic heterocycles. The number of benzene rings is 1. The van der Waals surface area contributed by atoms with Crippen LogP contribution >= 0.6 is 0 Å². The number of aromatic nitrogens is 3. The second-order valence-corrected chi connectivity index (χ2v) is 9.66. The van der Waals surface area contributed by atoms with Crippen LogP contribution < -0.4 is 0 Å². The van der Waals surface area contributed by atoms with Crippen LogP contribution in [0.15, 0.2) is 35.5 Å². The van der Waals surface area contributed by atoms with Gasteiger partial charge in [-0.1, -0.05) is 35.9 Å². The van der Waals surface area contributed by atoms with Crippen molar-refractivity contribution in [2.45, 2.75) is 43.9 Å². The largest absolute Gasteiger partial charge is 0.502 e. The Morgan fingerprint density at radius 3 is 2.76 bits per heavy atom. The Morgan fingerprint density at radius 2 is 2.03 bits per heavy atom. The van der Waals surface area contributed by atoms with Crippen molar-refractivity contribution < 1.29 is 17.9 Å². The third-order valence-corrected chi connectivity index (χ3v) is 7.51. The van der Waals surface area contributed by atoms with Gasteiger partial charge in [-0.15, -0.1) is 14.7 Å². The van der Waals surface area contributed by atoms with Crippen LogP contribution in [0.2, 0.25) is 0 Å². The molecule has 2 unspecified atom stereocenters. The van der Waals surface area contributed by atoms with E-state index >= 15 is 0 Å². The zero-order chi connectivity index (χ0) is 20.4. The molecule has 2 aliphatic rings. The van der Waals surface area contributed by atoms with Crippen molar-refractivity contribution >= 4 is 22.3 Å². The van der Waals surface area contributed by atoms with Gasteiger partial charge in [-0.2, -0.15) is 4.68 Å². The molecule has 1 fully saturated rings. The predicted octanol–water partition coefficient (Wildman–Crippen LogP) is 1.14. The van der Waals surface area contributed by atoms with Crippen LogP contribution in [-0.2, 0) is 22.9 Å². The SMILES string of the molecule is O=[N+]([O-])C1N=CC=[N+]1Cn1cc(-c2ccc(CC3CCCCS3(=O)=O)cc2)nn1. The molecule has 0 N–H and O–H groups in total. The second kappa shape index (κ2) is 7.82. The summed E-state index contributed by atoms with van der Waals surface area (Å²) in [4.78, 5) is 14.3. The van der Waals surface area contributed by atoms with E-state index in [9.17, 15) is 18.5 Å². The first-order valence-corrected chi connectivity index (χ1v) is 11.1. The minimum atomic E-state index is -2.99. The number of nitrogens with zero attached hydrogens (tertiary/aromatic N) is 6. The van der Waals surface area contributed by atoms with Crippen molar-refractivity contribution in [3.63, 3.8) is 0 Å². The van der Waals surface area contributed by atoms with Crippen LogP contribution in [0.25, 0.3) is 11.3 Å². The number of hydrogen-bond acceptors (Lipinski definition) is 7. The monoisotopic (exact) mass is 417 g/mol. The molecule has 0 bridgehead atoms. The molecule has 152 valence electrons. The van der Waals surface area contributed by atoms with Crippen molar-refractivity contribution in [1.82, 2.24) is 15.0 Å². The maximum atomic E-state index is 12.2. The average molecular weight is 417 g/mol. The summed E-state index contributed by atoms with van der Waals surface area (Å²) in [6.07, 6.45) is 6.49. The first-order chi connectivity index (χ1) is 13.9. The average Bonchev–Trinajstić information content (AvgIpc) is 3.34. The first kappa shape index (κ1) is 19.4. The van der Waals surface area contributed by atoms with Crippen LogP contribution in [0.3, 0.4) is 0 Å². The van der Waals surface area contributed by atoms with E-state index in [-0.39, 0.29) is 17.7 Å². The Morgan fingerprint density at radius 1 is 1.24 bits per heavy atom. The molecule has 3 heterocycles. The molecule has 4 rings (SSSR count). The van der Waals surface area contributed by atoms with E-state index < -0.39 is 21.1 Å². The second-order valence-electron chi connectivity index (χ2n) is 7.26. The van der Waals surface area contributed by atoms with Gasteiger partial charge in [0, 0.05) is 5.56 Å². The molecule has 11 heteroatoms. The molecule has 0 spiro atoms. The standard InChI is InChI=1S/C18H21N6O4S/c25-24(26)18-19-8-9-22(18)13-23-12-17(20-21-23)15-6-4-14(5-7-15)11-16-3-1-2-10-29(16,27)28/h4-9,12,16,18H,1-3,10-11,13H2/q+1. The highest BCUT2D eigenvalue weighted by Gasteiger charge is 2.34. The molecule has 0 aliphatic carbocycles. The van der Waals surface area contributed by atoms with E-state index in [0.717, 1.165) is 30.4 Å². The fourth-order valence-corrected chi connectivity index (χ4v) is 5.56. The quantitative estimate of drug-likeness (QED) is 0.394. The number of aliphatic imine (C=N–C) groups is 1. The van der Waals surface area contributed by atoms with Gasteiger partial charge in [0.05, 0.1) is 23.4 Å². The van der Waals surface area contributed by atoms with Gasteiger partial charge in [-0.3, -0.25) is 10.1 Å². The summed E-state index contributed by atoms with van der Waals surface area (Å²) >= 11 is 0. The van der Waals surface area contributed by atoms with Crippen LogP contribution in [0, 0.1) is 10.1 Å². The third kappa shape index (κ3) is 4.24. The topological polar surface area (TPSA) is 123 Å². The number of rotatable bonds is 6. The van der Waals surface area contributed by atoms with Crippen LogP contribution in [-0.4, -0.2) is 62.6 Å². The van der Waals surface area contributed by atoms with Gasteiger partial charge in [-0.25, -0.2) is 8.42 Å². The maximum absolute atomic E-state index is 12.2. The first-order valence-electron chi connectivity index (χ1n) is 9.39. The summed E-state index contributed by atoms with van der Waals surface area (Å²) in [7, 11) is -2.99. The molecule has 0 amide bonds. The van der Waals surface area contributed by atoms with Crippen LogP contribution in [0.1, 0.15) is 24.8 Å². The highest BCUT2D eigenvalue weighted by atomic mass is 32.2. The van der Waals surface area contributed by atoms with Gasteiger partial charge in [-0.05, 0) is 24.8 Å². The normalized spacial score (nSPS) is 23.1. The zero-order valence-corrected chi connectivity index (χ0v) is 16.5. The summed E-state index contributed by atoms with van der Waals surface area (Å²) < 4.78 is 27.4. The molecule has 2 atom stereocenters. The number of sulfone groups is 1. The Bertz CT molecular complexity index is 1070. The van der Waals surface area contributed by atoms with Crippen molar-refractivity contribution in [2.75, 3.05) is 5.75 Å². The summed E-state index contributed by atoms with van der Waals surface area (Å²) in [5.41, 5.74) is 2.47. The lowest BCUT2D eigenvalue weighted by atomic mass is 10.0. The lowest BCUT2D eigenvalue weighted by Crippen LogP contribution is -2.31. The fraction of sp³-hybridized carbons (Fsp3) is 0.444. The zero-order valence-electron chi connectivity index (χ0n) is 15.7. The maximum Gasteiger partial charge on any atom is 0.502 e. The molecular weight excluding hydrogens is 396 g/mol. The Kier molecular flexibility index (Phi) is 5.22. The molecule has 1 saturated heterocycles. The van der Waals surface area contributed by atoms with E-state index in [1.54, 1.807) is 12.4 Å². The Balaban J connectivity index is 1.43. The van der Waals surface area contributed by atoms with E-state index in [1.807, 2.05) is 24.3 Å². The van der Waals surface area contributed by atoms with Gasteiger partial charge < -0.3 is 0 Å². The summed E-state index contributed by atoms with van der Waals surface area (Å²) in [6, 6.07) is 7.63. The van der Waals surface area contributed by atoms with Crippen molar-refractivity contribution in [3.05, 3.63) is 46.1 Å². The molecule has 2 aliphatic heterocycles. The van der Waals surface area contributed by atoms with Crippen LogP contribution in [0.5, 0.6) is 0 Å². The molecule has 0 radical (unpaired) electrons. The van der Waals surface area contributed by atoms with Crippen molar-refractivity contribution in [1.29, 1.82) is 0 Å². The van der Waals surface area contributed by atoms with E-state index in [0.29, 0.717) is 12.1 Å². The molecule has 1 aromatic carbocycles. The fourth-order valence-electron chi connectivity index (χ4n) is 3.65. The number of hydrogen-bond donors (Lipinski definition) is 0. The van der Waals surface area contributed by atoms with Gasteiger partial charge in [0.15, 0.2) is 16.1 Å². The highest BCUT2D eigenvalue weighted by Crippen LogP contribution is 2.24. The molecule has 0 saturated carbocycles. The lowest BCUT2D eigenvalue weighted by molar-refractivity contribution is -0.767. The van der Waals surface area contributed by atoms with Gasteiger partial charge in [0.25, 0.3) is 0 Å².